The summed E-state index contributed by atoms with van der Waals surface area (Å²) in [7, 11) is 0. The average Bonchev–Trinajstić information content (AvgIpc) is 2.55. The fourth-order valence-corrected chi connectivity index (χ4v) is 2.40. The van der Waals surface area contributed by atoms with E-state index >= 15 is 0 Å². The predicted molar refractivity (Wildman–Crippen MR) is 62.8 cm³/mol. The van der Waals surface area contributed by atoms with E-state index in [9.17, 15) is 0 Å². The number of aromatic amines is 1. The molecule has 2 aromatic rings. The fraction of sp³-hybridized carbons (Fsp3) is 0.300. The Morgan fingerprint density at radius 3 is 3.00 bits per heavy atom. The maximum atomic E-state index is 5.61. The van der Waals surface area contributed by atoms with Crippen LogP contribution < -0.4 is 4.74 Å². The maximum absolute atomic E-state index is 5.61. The first-order chi connectivity index (χ1) is 6.81. The second kappa shape index (κ2) is 5.66. The van der Waals surface area contributed by atoms with Crippen molar-refractivity contribution in [3.63, 3.8) is 0 Å². The fourth-order valence-electron chi connectivity index (χ4n) is 1.28. The molecule has 1 aromatic carbocycles. The van der Waals surface area contributed by atoms with Gasteiger partial charge in [0.1, 0.15) is 5.75 Å². The van der Waals surface area contributed by atoms with E-state index in [0.29, 0.717) is 0 Å². The number of aromatic nitrogens is 1. The first kappa shape index (κ1) is 12.7. The van der Waals surface area contributed by atoms with E-state index < -0.39 is 0 Å². The third kappa shape index (κ3) is 2.82. The van der Waals surface area contributed by atoms with Gasteiger partial charge in [0.25, 0.3) is 0 Å². The van der Waals surface area contributed by atoms with E-state index in [1.807, 2.05) is 18.2 Å². The van der Waals surface area contributed by atoms with Gasteiger partial charge in [-0.05, 0) is 30.8 Å². The van der Waals surface area contributed by atoms with Crippen molar-refractivity contribution in [2.24, 2.45) is 0 Å². The van der Waals surface area contributed by atoms with E-state index in [1.54, 1.807) is 11.3 Å². The number of rotatable bonds is 3. The van der Waals surface area contributed by atoms with Gasteiger partial charge in [-0.1, -0.05) is 13.0 Å². The Kier molecular flexibility index (Phi) is 4.80. The SMILES string of the molecule is CCCOc1cccc2sc(=S)[nH]c12.[Cu]. The van der Waals surface area contributed by atoms with Gasteiger partial charge in [0.05, 0.1) is 16.8 Å². The molecule has 0 aliphatic carbocycles. The largest absolute Gasteiger partial charge is 0.491 e. The van der Waals surface area contributed by atoms with Crippen LogP contribution in [0.3, 0.4) is 0 Å². The van der Waals surface area contributed by atoms with Crippen LogP contribution in [0.15, 0.2) is 18.2 Å². The van der Waals surface area contributed by atoms with Crippen LogP contribution in [0.2, 0.25) is 0 Å². The van der Waals surface area contributed by atoms with Gasteiger partial charge < -0.3 is 9.72 Å². The van der Waals surface area contributed by atoms with E-state index in [2.05, 4.69) is 11.9 Å². The summed E-state index contributed by atoms with van der Waals surface area (Å²) < 4.78 is 7.57. The zero-order chi connectivity index (χ0) is 9.97. The number of H-pyrrole nitrogens is 1. The second-order valence-electron chi connectivity index (χ2n) is 2.99. The summed E-state index contributed by atoms with van der Waals surface area (Å²) in [4.78, 5) is 3.14. The summed E-state index contributed by atoms with van der Waals surface area (Å²) in [6.45, 7) is 2.84. The molecule has 1 radical (unpaired) electrons. The van der Waals surface area contributed by atoms with E-state index in [4.69, 9.17) is 17.0 Å². The third-order valence-corrected chi connectivity index (χ3v) is 3.08. The van der Waals surface area contributed by atoms with Crippen molar-refractivity contribution < 1.29 is 21.8 Å². The van der Waals surface area contributed by atoms with Gasteiger partial charge in [0, 0.05) is 17.1 Å². The van der Waals surface area contributed by atoms with Gasteiger partial charge in [0.15, 0.2) is 3.95 Å². The van der Waals surface area contributed by atoms with Crippen molar-refractivity contribution in [1.29, 1.82) is 0 Å². The Morgan fingerprint density at radius 2 is 2.27 bits per heavy atom. The van der Waals surface area contributed by atoms with Crippen LogP contribution >= 0.6 is 23.6 Å². The molecular weight excluding hydrogens is 278 g/mol. The molecule has 1 N–H and O–H groups in total. The number of hydrogen-bond donors (Lipinski definition) is 1. The minimum absolute atomic E-state index is 0. The topological polar surface area (TPSA) is 25.0 Å². The van der Waals surface area contributed by atoms with Gasteiger partial charge in [-0.25, -0.2) is 0 Å². The molecule has 0 amide bonds. The number of para-hydroxylation sites is 1. The molecule has 2 rings (SSSR count). The minimum Gasteiger partial charge on any atom is -0.491 e. The first-order valence-electron chi connectivity index (χ1n) is 4.56. The van der Waals surface area contributed by atoms with Gasteiger partial charge >= 0.3 is 0 Å². The Labute approximate surface area is 108 Å². The number of benzene rings is 1. The standard InChI is InChI=1S/C10H11NOS2.Cu/c1-2-6-12-7-4-3-5-8-9(7)11-10(13)14-8;/h3-5H,2,6H2,1H3,(H,11,13);. The summed E-state index contributed by atoms with van der Waals surface area (Å²) in [5, 5.41) is 0. The van der Waals surface area contributed by atoms with Crippen molar-refractivity contribution in [2.75, 3.05) is 6.61 Å². The maximum Gasteiger partial charge on any atom is 0.159 e. The van der Waals surface area contributed by atoms with Crippen LogP contribution in [0, 0.1) is 3.95 Å². The molecule has 1 aromatic heterocycles. The second-order valence-corrected chi connectivity index (χ2v) is 4.71. The molecule has 0 aliphatic rings. The number of fused-ring (bicyclic) bond motifs is 1. The smallest absolute Gasteiger partial charge is 0.159 e. The predicted octanol–water partition coefficient (Wildman–Crippen LogP) is 3.75. The summed E-state index contributed by atoms with van der Waals surface area (Å²) in [5.74, 6) is 0.900. The van der Waals surface area contributed by atoms with Crippen LogP contribution in [0.1, 0.15) is 13.3 Å². The summed E-state index contributed by atoms with van der Waals surface area (Å²) in [6, 6.07) is 6.01. The number of hydrogen-bond acceptors (Lipinski definition) is 3. The molecule has 15 heavy (non-hydrogen) atoms. The molecule has 0 unspecified atom stereocenters. The Balaban J connectivity index is 0.00000112. The van der Waals surface area contributed by atoms with E-state index in [-0.39, 0.29) is 17.1 Å². The summed E-state index contributed by atoms with van der Waals surface area (Å²) in [6.07, 6.45) is 1.02. The van der Waals surface area contributed by atoms with E-state index in [1.165, 1.54) is 0 Å². The molecule has 0 spiro atoms. The normalized spacial score (nSPS) is 9.93. The third-order valence-electron chi connectivity index (χ3n) is 1.88. The van der Waals surface area contributed by atoms with E-state index in [0.717, 1.165) is 32.9 Å². The van der Waals surface area contributed by atoms with Crippen molar-refractivity contribution in [2.45, 2.75) is 13.3 Å². The first-order valence-corrected chi connectivity index (χ1v) is 5.78. The zero-order valence-corrected chi connectivity index (χ0v) is 10.7. The van der Waals surface area contributed by atoms with Gasteiger partial charge in [-0.2, -0.15) is 0 Å². The molecule has 5 heteroatoms. The monoisotopic (exact) mass is 288 g/mol. The molecule has 85 valence electrons. The average molecular weight is 289 g/mol. The quantitative estimate of drug-likeness (QED) is 0.687. The van der Waals surface area contributed by atoms with Crippen LogP contribution in [-0.2, 0) is 17.1 Å². The van der Waals surface area contributed by atoms with Crippen LogP contribution in [0.5, 0.6) is 5.75 Å². The van der Waals surface area contributed by atoms with Crippen LogP contribution in [-0.4, -0.2) is 11.6 Å². The van der Waals surface area contributed by atoms with Crippen molar-refractivity contribution >= 4 is 33.8 Å². The zero-order valence-electron chi connectivity index (χ0n) is 8.17. The molecule has 0 saturated carbocycles. The number of ether oxygens (including phenoxy) is 1. The molecule has 0 bridgehead atoms. The molecule has 0 atom stereocenters. The molecule has 0 fully saturated rings. The van der Waals surface area contributed by atoms with Crippen LogP contribution in [0.4, 0.5) is 0 Å². The number of thiazole rings is 1. The van der Waals surface area contributed by atoms with Gasteiger partial charge in [-0.3, -0.25) is 0 Å². The molecule has 0 saturated heterocycles. The van der Waals surface area contributed by atoms with Gasteiger partial charge in [-0.15, -0.1) is 11.3 Å². The van der Waals surface area contributed by atoms with Crippen molar-refractivity contribution in [1.82, 2.24) is 4.98 Å². The Bertz CT molecular complexity index is 491. The Morgan fingerprint density at radius 1 is 1.47 bits per heavy atom. The molecule has 1 heterocycles. The summed E-state index contributed by atoms with van der Waals surface area (Å²) >= 11 is 6.67. The molecule has 0 aliphatic heterocycles. The minimum atomic E-state index is 0. The molecular formula is C10H11CuNOS2. The Hall–Kier alpha value is -0.351. The number of nitrogens with one attached hydrogen (secondary N) is 1. The van der Waals surface area contributed by atoms with Crippen molar-refractivity contribution in [3.05, 3.63) is 22.2 Å². The van der Waals surface area contributed by atoms with Crippen molar-refractivity contribution in [3.8, 4) is 5.75 Å². The molecule has 2 nitrogen and oxygen atoms in total. The van der Waals surface area contributed by atoms with Crippen LogP contribution in [0.25, 0.3) is 10.2 Å². The van der Waals surface area contributed by atoms with Gasteiger partial charge in [0.2, 0.25) is 0 Å². The summed E-state index contributed by atoms with van der Waals surface area (Å²) in [5.41, 5.74) is 1.02.